The van der Waals surface area contributed by atoms with E-state index in [1.54, 1.807) is 0 Å². The van der Waals surface area contributed by atoms with Crippen molar-refractivity contribution in [2.24, 2.45) is 10.9 Å². The molecule has 0 amide bonds. The van der Waals surface area contributed by atoms with Gasteiger partial charge in [0, 0.05) is 23.3 Å². The first kappa shape index (κ1) is 15.8. The normalized spacial score (nSPS) is 23.6. The number of benzene rings is 1. The van der Waals surface area contributed by atoms with Crippen LogP contribution in [0.25, 0.3) is 10.9 Å². The Morgan fingerprint density at radius 3 is 2.62 bits per heavy atom. The number of rotatable bonds is 2. The van der Waals surface area contributed by atoms with Crippen LogP contribution in [0.5, 0.6) is 0 Å². The Labute approximate surface area is 144 Å². The van der Waals surface area contributed by atoms with Gasteiger partial charge < -0.3 is 4.90 Å². The highest BCUT2D eigenvalue weighted by atomic mass is 15.3. The molecular weight excluding hydrogens is 296 g/mol. The number of piperidine rings is 1. The average Bonchev–Trinajstić information content (AvgIpc) is 2.92. The van der Waals surface area contributed by atoms with Crippen LogP contribution in [-0.2, 0) is 0 Å². The van der Waals surface area contributed by atoms with Crippen LogP contribution in [0.1, 0.15) is 49.9 Å². The minimum absolute atomic E-state index is 0.546. The van der Waals surface area contributed by atoms with Gasteiger partial charge in [-0.1, -0.05) is 19.1 Å². The molecule has 2 aromatic rings. The van der Waals surface area contributed by atoms with Crippen molar-refractivity contribution in [3.63, 3.8) is 0 Å². The Morgan fingerprint density at radius 1 is 1.12 bits per heavy atom. The van der Waals surface area contributed by atoms with E-state index >= 15 is 0 Å². The van der Waals surface area contributed by atoms with Crippen molar-refractivity contribution in [2.75, 3.05) is 26.7 Å². The molecule has 1 saturated heterocycles. The van der Waals surface area contributed by atoms with Crippen molar-refractivity contribution in [2.45, 2.75) is 45.6 Å². The van der Waals surface area contributed by atoms with Crippen LogP contribution in [0.2, 0.25) is 0 Å². The van der Waals surface area contributed by atoms with Crippen LogP contribution >= 0.6 is 0 Å². The Morgan fingerprint density at radius 2 is 1.92 bits per heavy atom. The number of aliphatic imine (C=N–C) groups is 1. The lowest BCUT2D eigenvalue weighted by Gasteiger charge is -2.29. The van der Waals surface area contributed by atoms with Crippen molar-refractivity contribution < 1.29 is 0 Å². The maximum atomic E-state index is 4.97. The van der Waals surface area contributed by atoms with E-state index in [1.807, 2.05) is 0 Å². The molecule has 1 aromatic carbocycles. The molecule has 2 aliphatic rings. The lowest BCUT2D eigenvalue weighted by atomic mass is 9.95. The molecule has 1 atom stereocenters. The van der Waals surface area contributed by atoms with Gasteiger partial charge in [-0.25, -0.2) is 0 Å². The number of hydrogen-bond acceptors (Lipinski definition) is 3. The predicted octanol–water partition coefficient (Wildman–Crippen LogP) is 3.83. The first-order valence-corrected chi connectivity index (χ1v) is 9.33. The van der Waals surface area contributed by atoms with Gasteiger partial charge >= 0.3 is 0 Å². The third kappa shape index (κ3) is 2.88. The Hall–Kier alpha value is -1.68. The van der Waals surface area contributed by atoms with Gasteiger partial charge in [-0.15, -0.1) is 0 Å². The quantitative estimate of drug-likeness (QED) is 0.841. The number of aromatic nitrogens is 2. The molecule has 24 heavy (non-hydrogen) atoms. The Balaban J connectivity index is 1.65. The van der Waals surface area contributed by atoms with E-state index in [0.717, 1.165) is 24.4 Å². The molecule has 0 aliphatic carbocycles. The Bertz CT molecular complexity index is 765. The zero-order valence-electron chi connectivity index (χ0n) is 15.1. The maximum absolute atomic E-state index is 4.97. The van der Waals surface area contributed by atoms with Crippen LogP contribution in [0, 0.1) is 12.8 Å². The minimum Gasteiger partial charge on any atom is -0.306 e. The topological polar surface area (TPSA) is 33.4 Å². The summed E-state index contributed by atoms with van der Waals surface area (Å²) in [5.41, 5.74) is 4.97. The van der Waals surface area contributed by atoms with Crippen LogP contribution in [0.3, 0.4) is 0 Å². The van der Waals surface area contributed by atoms with E-state index in [9.17, 15) is 0 Å². The summed E-state index contributed by atoms with van der Waals surface area (Å²) in [5.74, 6) is 0.725. The minimum atomic E-state index is 0.546. The first-order chi connectivity index (χ1) is 11.6. The fourth-order valence-corrected chi connectivity index (χ4v) is 4.06. The van der Waals surface area contributed by atoms with Gasteiger partial charge in [-0.3, -0.25) is 9.67 Å². The number of nitrogens with zero attached hydrogens (tertiary/aromatic N) is 4. The summed E-state index contributed by atoms with van der Waals surface area (Å²) < 4.78 is 2.28. The second-order valence-electron chi connectivity index (χ2n) is 7.73. The largest absolute Gasteiger partial charge is 0.306 e. The molecule has 0 spiro atoms. The maximum Gasteiger partial charge on any atom is 0.0932 e. The molecular formula is C20H28N4. The van der Waals surface area contributed by atoms with Crippen LogP contribution < -0.4 is 0 Å². The molecule has 4 rings (SSSR count). The van der Waals surface area contributed by atoms with Gasteiger partial charge in [0.15, 0.2) is 0 Å². The molecule has 3 heterocycles. The van der Waals surface area contributed by atoms with Gasteiger partial charge in [-0.05, 0) is 70.3 Å². The highest BCUT2D eigenvalue weighted by Gasteiger charge is 2.22. The number of fused-ring (bicyclic) bond motifs is 1. The summed E-state index contributed by atoms with van der Waals surface area (Å²) >= 11 is 0. The molecule has 4 nitrogen and oxygen atoms in total. The predicted molar refractivity (Wildman–Crippen MR) is 100 cm³/mol. The van der Waals surface area contributed by atoms with E-state index in [-0.39, 0.29) is 0 Å². The summed E-state index contributed by atoms with van der Waals surface area (Å²) in [6, 6.07) is 7.29. The van der Waals surface area contributed by atoms with E-state index < -0.39 is 0 Å². The summed E-state index contributed by atoms with van der Waals surface area (Å²) in [7, 11) is 2.21. The molecule has 0 saturated carbocycles. The van der Waals surface area contributed by atoms with E-state index in [1.165, 1.54) is 54.7 Å². The van der Waals surface area contributed by atoms with Crippen molar-refractivity contribution >= 4 is 16.6 Å². The lowest BCUT2D eigenvalue weighted by Crippen LogP contribution is -2.32. The smallest absolute Gasteiger partial charge is 0.0932 e. The molecule has 0 N–H and O–H groups in total. The Kier molecular flexibility index (Phi) is 4.17. The molecule has 0 unspecified atom stereocenters. The van der Waals surface area contributed by atoms with Gasteiger partial charge in [0.2, 0.25) is 0 Å². The SMILES string of the molecule is Cc1c2ccc(C3=NC[C@@H](C)CC3)cc2nn1C1CCN(C)CC1. The van der Waals surface area contributed by atoms with E-state index in [4.69, 9.17) is 10.1 Å². The highest BCUT2D eigenvalue weighted by Crippen LogP contribution is 2.28. The van der Waals surface area contributed by atoms with Crippen LogP contribution in [0.4, 0.5) is 0 Å². The number of likely N-dealkylation sites (tertiary alicyclic amines) is 1. The average molecular weight is 324 g/mol. The second kappa shape index (κ2) is 6.32. The van der Waals surface area contributed by atoms with Crippen molar-refractivity contribution in [1.29, 1.82) is 0 Å². The number of aryl methyl sites for hydroxylation is 1. The van der Waals surface area contributed by atoms with Crippen LogP contribution in [-0.4, -0.2) is 47.1 Å². The van der Waals surface area contributed by atoms with E-state index in [0.29, 0.717) is 6.04 Å². The molecule has 1 fully saturated rings. The summed E-state index contributed by atoms with van der Waals surface area (Å²) in [6.07, 6.45) is 4.74. The number of hydrogen-bond donors (Lipinski definition) is 0. The highest BCUT2D eigenvalue weighted by molar-refractivity contribution is 6.03. The third-order valence-electron chi connectivity index (χ3n) is 5.78. The molecule has 0 bridgehead atoms. The fourth-order valence-electron chi connectivity index (χ4n) is 4.06. The fraction of sp³-hybridized carbons (Fsp3) is 0.600. The summed E-state index contributed by atoms with van der Waals surface area (Å²) in [4.78, 5) is 7.20. The molecule has 1 aromatic heterocycles. The van der Waals surface area contributed by atoms with Crippen molar-refractivity contribution in [3.05, 3.63) is 29.5 Å². The first-order valence-electron chi connectivity index (χ1n) is 9.33. The van der Waals surface area contributed by atoms with Crippen molar-refractivity contribution in [3.8, 4) is 0 Å². The standard InChI is InChI=1S/C20H28N4/c1-14-4-7-19(21-13-14)16-5-6-18-15(2)24(22-20(18)12-16)17-8-10-23(3)11-9-17/h5-6,12,14,17H,4,7-11,13H2,1-3H3/t14-/m0/s1. The van der Waals surface area contributed by atoms with E-state index in [2.05, 4.69) is 48.7 Å². The molecule has 128 valence electrons. The zero-order valence-corrected chi connectivity index (χ0v) is 15.1. The summed E-state index contributed by atoms with van der Waals surface area (Å²) in [5, 5.41) is 6.27. The van der Waals surface area contributed by atoms with Crippen LogP contribution in [0.15, 0.2) is 23.2 Å². The third-order valence-corrected chi connectivity index (χ3v) is 5.78. The lowest BCUT2D eigenvalue weighted by molar-refractivity contribution is 0.211. The monoisotopic (exact) mass is 324 g/mol. The molecule has 4 heteroatoms. The van der Waals surface area contributed by atoms with Gasteiger partial charge in [0.25, 0.3) is 0 Å². The molecule has 2 aliphatic heterocycles. The zero-order chi connectivity index (χ0) is 16.7. The summed E-state index contributed by atoms with van der Waals surface area (Å²) in [6.45, 7) is 7.81. The second-order valence-corrected chi connectivity index (χ2v) is 7.73. The van der Waals surface area contributed by atoms with Gasteiger partial charge in [0.1, 0.15) is 0 Å². The molecule has 0 radical (unpaired) electrons. The van der Waals surface area contributed by atoms with Gasteiger partial charge in [-0.2, -0.15) is 5.10 Å². The van der Waals surface area contributed by atoms with Gasteiger partial charge in [0.05, 0.1) is 11.6 Å². The van der Waals surface area contributed by atoms with Crippen molar-refractivity contribution in [1.82, 2.24) is 14.7 Å².